The number of nitro benzene ring substituents is 1. The number of nitrogens with zero attached hydrogens (tertiary/aromatic N) is 1. The maximum Gasteiger partial charge on any atom is 0.332 e. The van der Waals surface area contributed by atoms with Crippen LogP contribution in [0.1, 0.15) is 5.56 Å². The molecule has 0 radical (unpaired) electrons. The molecular formula is C14H11ClN2O5S. The van der Waals surface area contributed by atoms with E-state index in [-0.39, 0.29) is 22.1 Å². The summed E-state index contributed by atoms with van der Waals surface area (Å²) in [5.74, 6) is -0.352. The number of nitro groups is 1. The monoisotopic (exact) mass is 354 g/mol. The highest BCUT2D eigenvalue weighted by atomic mass is 35.5. The lowest BCUT2D eigenvalue weighted by atomic mass is 10.2. The van der Waals surface area contributed by atoms with Crippen molar-refractivity contribution < 1.29 is 17.5 Å². The summed E-state index contributed by atoms with van der Waals surface area (Å²) in [5.41, 5.74) is 5.61. The van der Waals surface area contributed by atoms with Gasteiger partial charge in [0.1, 0.15) is 0 Å². The number of nitrogen functional groups attached to an aromatic ring is 1. The van der Waals surface area contributed by atoms with E-state index in [4.69, 9.17) is 21.5 Å². The van der Waals surface area contributed by atoms with Gasteiger partial charge < -0.3 is 9.92 Å². The predicted octanol–water partition coefficient (Wildman–Crippen LogP) is 3.21. The fraction of sp³-hybridized carbons (Fsp3) is 0. The van der Waals surface area contributed by atoms with Gasteiger partial charge in [0.2, 0.25) is 0 Å². The van der Waals surface area contributed by atoms with Crippen LogP contribution in [0.5, 0.6) is 5.75 Å². The summed E-state index contributed by atoms with van der Waals surface area (Å²) in [6, 6.07) is 10.6. The van der Waals surface area contributed by atoms with Gasteiger partial charge in [-0.1, -0.05) is 41.9 Å². The molecule has 0 aliphatic carbocycles. The van der Waals surface area contributed by atoms with E-state index in [9.17, 15) is 18.5 Å². The van der Waals surface area contributed by atoms with E-state index in [0.29, 0.717) is 5.56 Å². The summed E-state index contributed by atoms with van der Waals surface area (Å²) < 4.78 is 28.7. The lowest BCUT2D eigenvalue weighted by Crippen LogP contribution is -2.07. The maximum absolute atomic E-state index is 11.9. The second kappa shape index (κ2) is 6.67. The molecule has 0 heterocycles. The third-order valence-corrected chi connectivity index (χ3v) is 3.84. The Morgan fingerprint density at radius 1 is 1.22 bits per heavy atom. The number of hydrogen-bond donors (Lipinski definition) is 1. The molecule has 0 amide bonds. The average molecular weight is 355 g/mol. The summed E-state index contributed by atoms with van der Waals surface area (Å²) in [7, 11) is -4.13. The molecule has 0 spiro atoms. The maximum atomic E-state index is 11.9. The first kappa shape index (κ1) is 16.8. The minimum absolute atomic E-state index is 0.249. The fourth-order valence-electron chi connectivity index (χ4n) is 1.66. The zero-order valence-corrected chi connectivity index (χ0v) is 13.1. The van der Waals surface area contributed by atoms with E-state index in [1.807, 2.05) is 0 Å². The Bertz CT molecular complexity index is 843. The normalized spacial score (nSPS) is 11.5. The lowest BCUT2D eigenvalue weighted by Gasteiger charge is -2.08. The molecule has 7 nitrogen and oxygen atoms in total. The van der Waals surface area contributed by atoms with Crippen LogP contribution < -0.4 is 9.92 Å². The topological polar surface area (TPSA) is 113 Å². The van der Waals surface area contributed by atoms with Gasteiger partial charge in [-0.05, 0) is 11.6 Å². The number of hydrogen-bond acceptors (Lipinski definition) is 6. The first-order valence-electron chi connectivity index (χ1n) is 6.19. The van der Waals surface area contributed by atoms with E-state index in [1.165, 1.54) is 6.08 Å². The zero-order valence-electron chi connectivity index (χ0n) is 11.5. The van der Waals surface area contributed by atoms with Crippen LogP contribution in [0.3, 0.4) is 0 Å². The van der Waals surface area contributed by atoms with Crippen molar-refractivity contribution in [3.05, 3.63) is 68.6 Å². The van der Waals surface area contributed by atoms with E-state index < -0.39 is 15.0 Å². The minimum atomic E-state index is -4.13. The highest BCUT2D eigenvalue weighted by Gasteiger charge is 2.19. The molecular weight excluding hydrogens is 344 g/mol. The Kier molecular flexibility index (Phi) is 4.87. The van der Waals surface area contributed by atoms with Crippen molar-refractivity contribution in [3.63, 3.8) is 0 Å². The van der Waals surface area contributed by atoms with Crippen molar-refractivity contribution in [1.82, 2.24) is 0 Å². The number of rotatable bonds is 5. The molecule has 0 saturated heterocycles. The number of halogens is 1. The summed E-state index contributed by atoms with van der Waals surface area (Å²) in [6.07, 6.45) is 1.34. The van der Waals surface area contributed by atoms with Gasteiger partial charge in [-0.2, -0.15) is 8.42 Å². The molecule has 0 unspecified atom stereocenters. The molecule has 0 fully saturated rings. The quantitative estimate of drug-likeness (QED) is 0.382. The van der Waals surface area contributed by atoms with E-state index >= 15 is 0 Å². The second-order valence-electron chi connectivity index (χ2n) is 4.39. The summed E-state index contributed by atoms with van der Waals surface area (Å²) in [6.45, 7) is 0. The van der Waals surface area contributed by atoms with Gasteiger partial charge in [-0.15, -0.1) is 0 Å². The Balaban J connectivity index is 2.27. The van der Waals surface area contributed by atoms with Crippen molar-refractivity contribution in [3.8, 4) is 5.75 Å². The average Bonchev–Trinajstić information content (AvgIpc) is 2.50. The van der Waals surface area contributed by atoms with Crippen LogP contribution in [-0.2, 0) is 10.1 Å². The molecule has 2 aromatic carbocycles. The molecule has 0 aliphatic heterocycles. The summed E-state index contributed by atoms with van der Waals surface area (Å²) in [4.78, 5) is 9.98. The van der Waals surface area contributed by atoms with Gasteiger partial charge >= 0.3 is 10.1 Å². The fourth-order valence-corrected chi connectivity index (χ4v) is 2.77. The van der Waals surface area contributed by atoms with Crippen LogP contribution in [0, 0.1) is 10.1 Å². The minimum Gasteiger partial charge on any atom is -0.395 e. The molecule has 0 bridgehead atoms. The molecule has 23 heavy (non-hydrogen) atoms. The molecule has 2 N–H and O–H groups in total. The molecule has 0 aliphatic rings. The molecule has 0 saturated carbocycles. The summed E-state index contributed by atoms with van der Waals surface area (Å²) in [5, 5.41) is 11.3. The van der Waals surface area contributed by atoms with Crippen LogP contribution in [0.25, 0.3) is 6.08 Å². The van der Waals surface area contributed by atoms with Crippen LogP contribution in [-0.4, -0.2) is 13.3 Å². The molecule has 120 valence electrons. The highest BCUT2D eigenvalue weighted by molar-refractivity contribution is 7.90. The van der Waals surface area contributed by atoms with Crippen molar-refractivity contribution in [1.29, 1.82) is 0 Å². The Labute approximate surface area is 137 Å². The van der Waals surface area contributed by atoms with E-state index in [1.54, 1.807) is 30.3 Å². The number of nitrogens with two attached hydrogens (primary N) is 1. The molecule has 0 aromatic heterocycles. The molecule has 2 aromatic rings. The Morgan fingerprint density at radius 3 is 2.43 bits per heavy atom. The molecule has 0 atom stereocenters. The smallest absolute Gasteiger partial charge is 0.332 e. The molecule has 9 heteroatoms. The van der Waals surface area contributed by atoms with Gasteiger partial charge in [-0.3, -0.25) is 10.1 Å². The molecule has 2 rings (SSSR count). The third-order valence-electron chi connectivity index (χ3n) is 2.69. The SMILES string of the molecule is Nc1cc([N+](=O)[O-])cc(Cl)c1OS(=O)(=O)C=Cc1ccccc1. The van der Waals surface area contributed by atoms with Crippen molar-refractivity contribution in [2.45, 2.75) is 0 Å². The zero-order chi connectivity index (χ0) is 17.0. The first-order valence-corrected chi connectivity index (χ1v) is 8.04. The predicted molar refractivity (Wildman–Crippen MR) is 87.5 cm³/mol. The lowest BCUT2D eigenvalue weighted by molar-refractivity contribution is -0.384. The van der Waals surface area contributed by atoms with Gasteiger partial charge in [0.05, 0.1) is 21.0 Å². The van der Waals surface area contributed by atoms with Crippen LogP contribution in [0.2, 0.25) is 5.02 Å². The van der Waals surface area contributed by atoms with Gasteiger partial charge in [0.25, 0.3) is 5.69 Å². The summed E-state index contributed by atoms with van der Waals surface area (Å²) >= 11 is 5.80. The van der Waals surface area contributed by atoms with Gasteiger partial charge in [0.15, 0.2) is 5.75 Å². The van der Waals surface area contributed by atoms with Crippen LogP contribution in [0.15, 0.2) is 47.9 Å². The van der Waals surface area contributed by atoms with Crippen LogP contribution in [0.4, 0.5) is 11.4 Å². The van der Waals surface area contributed by atoms with Crippen molar-refractivity contribution in [2.75, 3.05) is 5.73 Å². The van der Waals surface area contributed by atoms with Crippen molar-refractivity contribution in [2.24, 2.45) is 0 Å². The third kappa shape index (κ3) is 4.44. The number of non-ortho nitro benzene ring substituents is 1. The number of benzene rings is 2. The van der Waals surface area contributed by atoms with Crippen molar-refractivity contribution >= 4 is 39.2 Å². The van der Waals surface area contributed by atoms with Crippen LogP contribution >= 0.6 is 11.6 Å². The van der Waals surface area contributed by atoms with E-state index in [0.717, 1.165) is 17.5 Å². The highest BCUT2D eigenvalue weighted by Crippen LogP contribution is 2.36. The second-order valence-corrected chi connectivity index (χ2v) is 6.22. The number of anilines is 1. The largest absolute Gasteiger partial charge is 0.395 e. The van der Waals surface area contributed by atoms with E-state index in [2.05, 4.69) is 0 Å². The Morgan fingerprint density at radius 2 is 1.87 bits per heavy atom. The first-order chi connectivity index (χ1) is 10.8. The standard InChI is InChI=1S/C14H11ClN2O5S/c15-12-8-11(17(18)19)9-13(16)14(12)22-23(20,21)7-6-10-4-2-1-3-5-10/h1-9H,16H2. The Hall–Kier alpha value is -2.58. The van der Waals surface area contributed by atoms with Gasteiger partial charge in [-0.25, -0.2) is 0 Å². The van der Waals surface area contributed by atoms with Gasteiger partial charge in [0, 0.05) is 12.1 Å².